The predicted molar refractivity (Wildman–Crippen MR) is 120 cm³/mol. The fourth-order valence-electron chi connectivity index (χ4n) is 3.02. The van der Waals surface area contributed by atoms with Crippen molar-refractivity contribution in [3.05, 3.63) is 65.7 Å². The molecule has 4 heteroatoms. The molecule has 2 N–H and O–H groups in total. The lowest BCUT2D eigenvalue weighted by Crippen LogP contribution is -2.37. The molecule has 0 spiro atoms. The van der Waals surface area contributed by atoms with Crippen molar-refractivity contribution < 1.29 is 9.53 Å². The third kappa shape index (κ3) is 7.54. The Hall–Kier alpha value is -2.33. The fourth-order valence-corrected chi connectivity index (χ4v) is 3.02. The standard InChI is InChI=1S/C25H36N2O2/c1-5-16-26-17-24(27-25(28)20(4)21-10-8-7-9-11-21)22-12-14-23(15-13-22)29-18-19(3)6-2/h7-15,19-20,24,26H,5-6,16-18H2,1-4H3,(H,27,28)/t19?,20?,24-/m0/s1. The van der Waals surface area contributed by atoms with Gasteiger partial charge in [0.05, 0.1) is 18.6 Å². The molecule has 0 aliphatic heterocycles. The van der Waals surface area contributed by atoms with E-state index in [-0.39, 0.29) is 17.9 Å². The number of carbonyl (C=O) groups is 1. The van der Waals surface area contributed by atoms with E-state index < -0.39 is 0 Å². The molecule has 0 fully saturated rings. The molecule has 0 radical (unpaired) electrons. The quantitative estimate of drug-likeness (QED) is 0.492. The smallest absolute Gasteiger partial charge is 0.227 e. The normalized spacial score (nSPS) is 14.1. The Morgan fingerprint density at radius 3 is 2.28 bits per heavy atom. The van der Waals surface area contributed by atoms with E-state index in [4.69, 9.17) is 4.74 Å². The maximum absolute atomic E-state index is 12.9. The van der Waals surface area contributed by atoms with E-state index in [9.17, 15) is 4.79 Å². The Labute approximate surface area is 176 Å². The van der Waals surface area contributed by atoms with Gasteiger partial charge < -0.3 is 15.4 Å². The Bertz CT molecular complexity index is 715. The average molecular weight is 397 g/mol. The molecule has 2 rings (SSSR count). The van der Waals surface area contributed by atoms with Crippen LogP contribution in [0.15, 0.2) is 54.6 Å². The number of ether oxygens (including phenoxy) is 1. The SMILES string of the molecule is CCCNC[C@H](NC(=O)C(C)c1ccccc1)c1ccc(OCC(C)CC)cc1. The molecular weight excluding hydrogens is 360 g/mol. The summed E-state index contributed by atoms with van der Waals surface area (Å²) in [6, 6.07) is 17.9. The molecule has 0 aliphatic carbocycles. The highest BCUT2D eigenvalue weighted by Gasteiger charge is 2.20. The Morgan fingerprint density at radius 1 is 0.966 bits per heavy atom. The van der Waals surface area contributed by atoms with Crippen molar-refractivity contribution in [3.8, 4) is 5.75 Å². The van der Waals surface area contributed by atoms with Crippen LogP contribution in [0.25, 0.3) is 0 Å². The molecule has 2 unspecified atom stereocenters. The number of benzene rings is 2. The minimum absolute atomic E-state index is 0.0385. The topological polar surface area (TPSA) is 50.4 Å². The number of nitrogens with one attached hydrogen (secondary N) is 2. The van der Waals surface area contributed by atoms with Gasteiger partial charge >= 0.3 is 0 Å². The fraction of sp³-hybridized carbons (Fsp3) is 0.480. The van der Waals surface area contributed by atoms with E-state index in [1.807, 2.05) is 49.4 Å². The van der Waals surface area contributed by atoms with Gasteiger partial charge in [-0.15, -0.1) is 0 Å². The van der Waals surface area contributed by atoms with Gasteiger partial charge in [0, 0.05) is 6.54 Å². The van der Waals surface area contributed by atoms with Crippen LogP contribution in [-0.4, -0.2) is 25.6 Å². The molecule has 4 nitrogen and oxygen atoms in total. The van der Waals surface area contributed by atoms with Gasteiger partial charge in [0.15, 0.2) is 0 Å². The van der Waals surface area contributed by atoms with E-state index in [1.54, 1.807) is 0 Å². The molecule has 29 heavy (non-hydrogen) atoms. The molecule has 2 aromatic rings. The number of hydrogen-bond donors (Lipinski definition) is 2. The van der Waals surface area contributed by atoms with Crippen molar-refractivity contribution in [3.63, 3.8) is 0 Å². The molecule has 2 aromatic carbocycles. The summed E-state index contributed by atoms with van der Waals surface area (Å²) in [6.45, 7) is 10.8. The molecule has 0 saturated carbocycles. The molecule has 0 aromatic heterocycles. The molecule has 0 bridgehead atoms. The van der Waals surface area contributed by atoms with Gasteiger partial charge in [-0.25, -0.2) is 0 Å². The lowest BCUT2D eigenvalue weighted by Gasteiger charge is -2.23. The van der Waals surface area contributed by atoms with Crippen LogP contribution >= 0.6 is 0 Å². The second-order valence-corrected chi connectivity index (χ2v) is 7.79. The van der Waals surface area contributed by atoms with Crippen LogP contribution in [0.5, 0.6) is 5.75 Å². The molecular formula is C25H36N2O2. The van der Waals surface area contributed by atoms with Crippen LogP contribution in [0, 0.1) is 5.92 Å². The maximum atomic E-state index is 12.9. The number of rotatable bonds is 12. The number of hydrogen-bond acceptors (Lipinski definition) is 3. The van der Waals surface area contributed by atoms with Crippen LogP contribution < -0.4 is 15.4 Å². The van der Waals surface area contributed by atoms with Gasteiger partial charge in [-0.2, -0.15) is 0 Å². The van der Waals surface area contributed by atoms with E-state index in [1.165, 1.54) is 0 Å². The second kappa shape index (κ2) is 12.3. The van der Waals surface area contributed by atoms with Gasteiger partial charge in [-0.1, -0.05) is 69.7 Å². The van der Waals surface area contributed by atoms with Crippen molar-refractivity contribution in [1.82, 2.24) is 10.6 Å². The highest BCUT2D eigenvalue weighted by molar-refractivity contribution is 5.83. The minimum Gasteiger partial charge on any atom is -0.493 e. The van der Waals surface area contributed by atoms with Crippen molar-refractivity contribution in [1.29, 1.82) is 0 Å². The van der Waals surface area contributed by atoms with Crippen LogP contribution in [0.3, 0.4) is 0 Å². The first-order chi connectivity index (χ1) is 14.0. The van der Waals surface area contributed by atoms with E-state index in [0.717, 1.165) is 42.9 Å². The van der Waals surface area contributed by atoms with Crippen molar-refractivity contribution >= 4 is 5.91 Å². The Morgan fingerprint density at radius 2 is 1.66 bits per heavy atom. The van der Waals surface area contributed by atoms with Crippen molar-refractivity contribution in [2.75, 3.05) is 19.7 Å². The van der Waals surface area contributed by atoms with Gasteiger partial charge in [0.1, 0.15) is 5.75 Å². The summed E-state index contributed by atoms with van der Waals surface area (Å²) >= 11 is 0. The lowest BCUT2D eigenvalue weighted by atomic mass is 9.99. The molecule has 0 aliphatic rings. The van der Waals surface area contributed by atoms with Gasteiger partial charge in [-0.3, -0.25) is 4.79 Å². The van der Waals surface area contributed by atoms with E-state index in [0.29, 0.717) is 12.5 Å². The Balaban J connectivity index is 2.05. The third-order valence-corrected chi connectivity index (χ3v) is 5.30. The first-order valence-electron chi connectivity index (χ1n) is 10.8. The summed E-state index contributed by atoms with van der Waals surface area (Å²) in [4.78, 5) is 12.9. The first-order valence-corrected chi connectivity index (χ1v) is 10.8. The zero-order chi connectivity index (χ0) is 21.1. The molecule has 0 saturated heterocycles. The number of carbonyl (C=O) groups excluding carboxylic acids is 1. The lowest BCUT2D eigenvalue weighted by molar-refractivity contribution is -0.123. The molecule has 3 atom stereocenters. The summed E-state index contributed by atoms with van der Waals surface area (Å²) in [5.41, 5.74) is 2.11. The predicted octanol–water partition coefficient (Wildman–Crippen LogP) is 5.07. The van der Waals surface area contributed by atoms with E-state index >= 15 is 0 Å². The summed E-state index contributed by atoms with van der Waals surface area (Å²) in [7, 11) is 0. The summed E-state index contributed by atoms with van der Waals surface area (Å²) < 4.78 is 5.87. The molecule has 0 heterocycles. The van der Waals surface area contributed by atoms with Crippen molar-refractivity contribution in [2.24, 2.45) is 5.92 Å². The average Bonchev–Trinajstić information content (AvgIpc) is 2.77. The zero-order valence-electron chi connectivity index (χ0n) is 18.3. The zero-order valence-corrected chi connectivity index (χ0v) is 18.3. The number of amides is 1. The van der Waals surface area contributed by atoms with Gasteiger partial charge in [0.2, 0.25) is 5.91 Å². The molecule has 158 valence electrons. The van der Waals surface area contributed by atoms with Gasteiger partial charge in [-0.05, 0) is 49.1 Å². The highest BCUT2D eigenvalue weighted by atomic mass is 16.5. The van der Waals surface area contributed by atoms with Crippen molar-refractivity contribution in [2.45, 2.75) is 52.5 Å². The summed E-state index contributed by atoms with van der Waals surface area (Å²) in [6.07, 6.45) is 2.17. The van der Waals surface area contributed by atoms with Crippen LogP contribution in [-0.2, 0) is 4.79 Å². The third-order valence-electron chi connectivity index (χ3n) is 5.30. The largest absolute Gasteiger partial charge is 0.493 e. The minimum atomic E-state index is -0.192. The van der Waals surface area contributed by atoms with Gasteiger partial charge in [0.25, 0.3) is 0 Å². The first kappa shape index (κ1) is 23.0. The monoisotopic (exact) mass is 396 g/mol. The Kier molecular flexibility index (Phi) is 9.72. The second-order valence-electron chi connectivity index (χ2n) is 7.79. The van der Waals surface area contributed by atoms with E-state index in [2.05, 4.69) is 43.5 Å². The highest BCUT2D eigenvalue weighted by Crippen LogP contribution is 2.21. The maximum Gasteiger partial charge on any atom is 0.227 e. The molecule has 1 amide bonds. The summed E-state index contributed by atoms with van der Waals surface area (Å²) in [5, 5.41) is 6.66. The van der Waals surface area contributed by atoms with Crippen LogP contribution in [0.2, 0.25) is 0 Å². The summed E-state index contributed by atoms with van der Waals surface area (Å²) in [5.74, 6) is 1.26. The van der Waals surface area contributed by atoms with Crippen LogP contribution in [0.4, 0.5) is 0 Å². The van der Waals surface area contributed by atoms with Crippen LogP contribution in [0.1, 0.15) is 63.6 Å².